The molecular weight excluding hydrogens is 348 g/mol. The minimum atomic E-state index is 0. The summed E-state index contributed by atoms with van der Waals surface area (Å²) < 4.78 is 0. The van der Waals surface area contributed by atoms with E-state index in [-0.39, 0.29) is 59.8 Å². The van der Waals surface area contributed by atoms with Crippen molar-refractivity contribution in [3.05, 3.63) is 20.9 Å². The Balaban J connectivity index is -0.00000161. The van der Waals surface area contributed by atoms with E-state index in [0.717, 1.165) is 51.0 Å². The number of carbonyl (C=O) groups is 2. The Labute approximate surface area is 171 Å². The predicted octanol–water partition coefficient (Wildman–Crippen LogP) is 4.61. The van der Waals surface area contributed by atoms with Crippen LogP contribution in [0, 0.1) is 26.3 Å². The molecule has 145 valence electrons. The Bertz CT molecular complexity index is 341. The molecule has 1 aliphatic carbocycles. The van der Waals surface area contributed by atoms with E-state index in [1.165, 1.54) is 0 Å². The molecule has 0 aliphatic heterocycles. The zero-order valence-corrected chi connectivity index (χ0v) is 18.8. The van der Waals surface area contributed by atoms with Gasteiger partial charge in [-0.05, 0) is 19.3 Å². The van der Waals surface area contributed by atoms with Gasteiger partial charge in [0.05, 0.1) is 0 Å². The van der Waals surface area contributed by atoms with Crippen LogP contribution in [0.3, 0.4) is 0 Å². The molecule has 4 nitrogen and oxygen atoms in total. The molecule has 25 heavy (non-hydrogen) atoms. The normalized spacial score (nSPS) is 18.8. The smallest absolute Gasteiger partial charge is 0.503 e. The summed E-state index contributed by atoms with van der Waals surface area (Å²) >= 11 is 0. The van der Waals surface area contributed by atoms with Gasteiger partial charge in [0.2, 0.25) is 5.91 Å². The van der Waals surface area contributed by atoms with Gasteiger partial charge in [-0.3, -0.25) is 9.59 Å². The Hall–Kier alpha value is -0.346. The maximum atomic E-state index is 11.9. The zero-order valence-electron chi connectivity index (χ0n) is 17.3. The topological polar surface area (TPSA) is 58.2 Å². The van der Waals surface area contributed by atoms with Gasteiger partial charge in [0.15, 0.2) is 5.91 Å². The van der Waals surface area contributed by atoms with Crippen molar-refractivity contribution in [3.63, 3.8) is 0 Å². The minimum Gasteiger partial charge on any atom is -0.503 e. The van der Waals surface area contributed by atoms with E-state index in [2.05, 4.69) is 24.5 Å². The summed E-state index contributed by atoms with van der Waals surface area (Å²) in [5.41, 5.74) is 0.206. The van der Waals surface area contributed by atoms with Crippen LogP contribution in [-0.2, 0) is 31.3 Å². The SMILES string of the molecule is CCCC(=O)N[C-]1CC(NC(=O)CCC)CC(CC)(CC)C1.[CH3-].[CH3-].[Ti+3]. The molecule has 0 aromatic heterocycles. The third-order valence-corrected chi connectivity index (χ3v) is 4.90. The van der Waals surface area contributed by atoms with Crippen LogP contribution < -0.4 is 10.6 Å². The molecular formula is C20H39N2O2Ti. The third kappa shape index (κ3) is 9.79. The second-order valence-corrected chi connectivity index (χ2v) is 6.71. The van der Waals surface area contributed by atoms with Gasteiger partial charge in [-0.1, -0.05) is 46.0 Å². The Morgan fingerprint density at radius 1 is 1.00 bits per heavy atom. The second-order valence-electron chi connectivity index (χ2n) is 6.71. The summed E-state index contributed by atoms with van der Waals surface area (Å²) in [5, 5.41) is 6.27. The fraction of sp³-hybridized carbons (Fsp3) is 0.750. The van der Waals surface area contributed by atoms with Crippen molar-refractivity contribution in [1.29, 1.82) is 0 Å². The molecule has 2 amide bonds. The maximum absolute atomic E-state index is 11.9. The molecule has 1 atom stereocenters. The molecule has 1 aliphatic rings. The van der Waals surface area contributed by atoms with Gasteiger partial charge in [-0.2, -0.15) is 6.42 Å². The Morgan fingerprint density at radius 2 is 1.52 bits per heavy atom. The number of carbonyl (C=O) groups excluding carboxylic acids is 2. The van der Waals surface area contributed by atoms with Crippen LogP contribution in [-0.4, -0.2) is 17.9 Å². The van der Waals surface area contributed by atoms with Gasteiger partial charge in [-0.25, -0.2) is 6.04 Å². The summed E-state index contributed by atoms with van der Waals surface area (Å²) in [7, 11) is 0. The Morgan fingerprint density at radius 3 is 2.00 bits per heavy atom. The predicted molar refractivity (Wildman–Crippen MR) is 103 cm³/mol. The molecule has 0 saturated heterocycles. The third-order valence-electron chi connectivity index (χ3n) is 4.90. The zero-order chi connectivity index (χ0) is 16.6. The first-order valence-corrected chi connectivity index (χ1v) is 8.92. The maximum Gasteiger partial charge on any atom is 3.00 e. The van der Waals surface area contributed by atoms with Gasteiger partial charge >= 0.3 is 21.7 Å². The van der Waals surface area contributed by atoms with E-state index in [1.54, 1.807) is 0 Å². The number of nitrogens with one attached hydrogen (secondary N) is 2. The summed E-state index contributed by atoms with van der Waals surface area (Å²) in [6.45, 7) is 8.46. The number of hydrogen-bond acceptors (Lipinski definition) is 2. The van der Waals surface area contributed by atoms with E-state index in [4.69, 9.17) is 0 Å². The molecule has 1 unspecified atom stereocenters. The van der Waals surface area contributed by atoms with E-state index < -0.39 is 0 Å². The van der Waals surface area contributed by atoms with Gasteiger partial charge in [0.25, 0.3) is 0 Å². The van der Waals surface area contributed by atoms with Crippen molar-refractivity contribution < 1.29 is 31.3 Å². The average molecular weight is 387 g/mol. The molecule has 1 saturated carbocycles. The van der Waals surface area contributed by atoms with Crippen LogP contribution in [0.4, 0.5) is 0 Å². The molecule has 2 N–H and O–H groups in total. The summed E-state index contributed by atoms with van der Waals surface area (Å²) in [5.74, 6) is 0.244. The molecule has 5 heteroatoms. The van der Waals surface area contributed by atoms with E-state index in [0.29, 0.717) is 12.8 Å². The molecule has 0 heterocycles. The van der Waals surface area contributed by atoms with Crippen molar-refractivity contribution in [1.82, 2.24) is 10.6 Å². The first-order valence-electron chi connectivity index (χ1n) is 8.92. The van der Waals surface area contributed by atoms with Crippen molar-refractivity contribution in [2.75, 3.05) is 0 Å². The number of amides is 2. The Kier molecular flexibility index (Phi) is 17.4. The first-order chi connectivity index (χ1) is 10.5. The largest absolute Gasteiger partial charge is 3.00 e. The van der Waals surface area contributed by atoms with Crippen molar-refractivity contribution >= 4 is 11.8 Å². The van der Waals surface area contributed by atoms with Gasteiger partial charge in [0, 0.05) is 18.9 Å². The number of rotatable bonds is 8. The van der Waals surface area contributed by atoms with Crippen LogP contribution in [0.1, 0.15) is 85.5 Å². The first kappa shape index (κ1) is 29.4. The number of hydrogen-bond donors (Lipinski definition) is 2. The summed E-state index contributed by atoms with van der Waals surface area (Å²) in [6, 6.07) is 1.26. The van der Waals surface area contributed by atoms with E-state index in [1.807, 2.05) is 13.8 Å². The van der Waals surface area contributed by atoms with Gasteiger partial charge in [-0.15, -0.1) is 6.42 Å². The molecule has 0 aromatic carbocycles. The molecule has 0 spiro atoms. The minimum absolute atomic E-state index is 0. The standard InChI is InChI=1S/C18H33N2O2.2CH3.Ti/c1-5-9-16(21)19-14-11-15(20-17(22)10-6-2)13-18(7-3,8-4)12-14;;;/h14H,5-13H2,1-4H3,(H,19,21)(H,20,22);2*1H3;/q3*-1;+3. The fourth-order valence-corrected chi connectivity index (χ4v) is 3.49. The van der Waals surface area contributed by atoms with Crippen molar-refractivity contribution in [2.45, 2.75) is 91.5 Å². The van der Waals surface area contributed by atoms with E-state index >= 15 is 0 Å². The van der Waals surface area contributed by atoms with Crippen molar-refractivity contribution in [2.24, 2.45) is 5.41 Å². The molecule has 1 fully saturated rings. The molecule has 1 radical (unpaired) electrons. The molecule has 0 bridgehead atoms. The van der Waals surface area contributed by atoms with Crippen LogP contribution in [0.25, 0.3) is 0 Å². The van der Waals surface area contributed by atoms with Crippen LogP contribution in [0.5, 0.6) is 0 Å². The molecule has 0 aromatic rings. The summed E-state index contributed by atoms with van der Waals surface area (Å²) in [6.07, 6.45) is 7.80. The van der Waals surface area contributed by atoms with Crippen LogP contribution >= 0.6 is 0 Å². The summed E-state index contributed by atoms with van der Waals surface area (Å²) in [4.78, 5) is 23.8. The monoisotopic (exact) mass is 387 g/mol. The van der Waals surface area contributed by atoms with E-state index in [9.17, 15) is 9.59 Å². The second kappa shape index (κ2) is 14.8. The van der Waals surface area contributed by atoms with Crippen molar-refractivity contribution in [3.8, 4) is 0 Å². The average Bonchev–Trinajstić information content (AvgIpc) is 2.47. The molecule has 1 rings (SSSR count). The fourth-order valence-electron chi connectivity index (χ4n) is 3.49. The van der Waals surface area contributed by atoms with Crippen LogP contribution in [0.2, 0.25) is 0 Å². The van der Waals surface area contributed by atoms with Crippen LogP contribution in [0.15, 0.2) is 0 Å². The van der Waals surface area contributed by atoms with Gasteiger partial charge < -0.3 is 25.5 Å². The quantitative estimate of drug-likeness (QED) is 0.472. The van der Waals surface area contributed by atoms with Gasteiger partial charge in [0.1, 0.15) is 0 Å².